The topological polar surface area (TPSA) is 38.3 Å². The lowest BCUT2D eigenvalue weighted by Crippen LogP contribution is -2.39. The van der Waals surface area contributed by atoms with Crippen LogP contribution in [-0.4, -0.2) is 18.6 Å². The van der Waals surface area contributed by atoms with Crippen LogP contribution in [0.25, 0.3) is 0 Å². The Balaban J connectivity index is 1.76. The Labute approximate surface area is 121 Å². The van der Waals surface area contributed by atoms with E-state index in [1.807, 2.05) is 31.2 Å². The van der Waals surface area contributed by atoms with Crippen molar-refractivity contribution in [2.45, 2.75) is 52.1 Å². The summed E-state index contributed by atoms with van der Waals surface area (Å²) in [6.07, 6.45) is 5.99. The quantitative estimate of drug-likeness (QED) is 0.893. The summed E-state index contributed by atoms with van der Waals surface area (Å²) in [5, 5.41) is 3.02. The molecule has 0 aromatic heterocycles. The molecule has 0 radical (unpaired) electrons. The van der Waals surface area contributed by atoms with Crippen LogP contribution in [0.1, 0.15) is 44.6 Å². The lowest BCUT2D eigenvalue weighted by atomic mass is 9.89. The minimum absolute atomic E-state index is 0.0166. The van der Waals surface area contributed by atoms with Crippen molar-refractivity contribution in [3.63, 3.8) is 0 Å². The molecule has 1 saturated carbocycles. The van der Waals surface area contributed by atoms with Crippen molar-refractivity contribution >= 4 is 5.91 Å². The first kappa shape index (κ1) is 14.9. The van der Waals surface area contributed by atoms with Crippen LogP contribution in [-0.2, 0) is 4.79 Å². The van der Waals surface area contributed by atoms with Crippen molar-refractivity contribution in [1.29, 1.82) is 0 Å². The molecular formula is C17H25NO2. The first-order valence-electron chi connectivity index (χ1n) is 7.66. The molecule has 1 aliphatic carbocycles. The molecule has 0 aliphatic heterocycles. The Kier molecular flexibility index (Phi) is 5.45. The van der Waals surface area contributed by atoms with Gasteiger partial charge in [-0.05, 0) is 50.3 Å². The van der Waals surface area contributed by atoms with Crippen molar-refractivity contribution in [1.82, 2.24) is 5.32 Å². The zero-order valence-electron chi connectivity index (χ0n) is 12.5. The fourth-order valence-electron chi connectivity index (χ4n) is 2.73. The summed E-state index contributed by atoms with van der Waals surface area (Å²) < 4.78 is 5.68. The monoisotopic (exact) mass is 275 g/mol. The van der Waals surface area contributed by atoms with Gasteiger partial charge in [-0.1, -0.05) is 31.4 Å². The smallest absolute Gasteiger partial charge is 0.260 e. The van der Waals surface area contributed by atoms with Crippen molar-refractivity contribution in [3.05, 3.63) is 29.8 Å². The van der Waals surface area contributed by atoms with Gasteiger partial charge in [-0.3, -0.25) is 4.79 Å². The van der Waals surface area contributed by atoms with Crippen molar-refractivity contribution in [3.8, 4) is 5.75 Å². The second-order valence-electron chi connectivity index (χ2n) is 5.83. The second kappa shape index (κ2) is 7.32. The van der Waals surface area contributed by atoms with Gasteiger partial charge in [0.05, 0.1) is 0 Å². The number of rotatable bonds is 5. The summed E-state index contributed by atoms with van der Waals surface area (Å²) in [6, 6.07) is 7.79. The van der Waals surface area contributed by atoms with Gasteiger partial charge in [0, 0.05) is 6.54 Å². The highest BCUT2D eigenvalue weighted by Crippen LogP contribution is 2.22. The summed E-state index contributed by atoms with van der Waals surface area (Å²) in [5.41, 5.74) is 1.14. The highest BCUT2D eigenvalue weighted by Gasteiger charge is 2.18. The van der Waals surface area contributed by atoms with Crippen LogP contribution in [0.2, 0.25) is 0 Å². The molecule has 1 atom stereocenters. The highest BCUT2D eigenvalue weighted by atomic mass is 16.5. The second-order valence-corrected chi connectivity index (χ2v) is 5.83. The molecule has 0 heterocycles. The van der Waals surface area contributed by atoms with E-state index < -0.39 is 6.10 Å². The molecule has 1 N–H and O–H groups in total. The number of benzene rings is 1. The maximum atomic E-state index is 12.0. The van der Waals surface area contributed by atoms with Gasteiger partial charge in [-0.25, -0.2) is 0 Å². The number of hydrogen-bond donors (Lipinski definition) is 1. The normalized spacial score (nSPS) is 17.5. The predicted molar refractivity (Wildman–Crippen MR) is 80.9 cm³/mol. The van der Waals surface area contributed by atoms with Crippen LogP contribution in [0.15, 0.2) is 24.3 Å². The van der Waals surface area contributed by atoms with Crippen molar-refractivity contribution < 1.29 is 9.53 Å². The lowest BCUT2D eigenvalue weighted by molar-refractivity contribution is -0.127. The zero-order valence-corrected chi connectivity index (χ0v) is 12.5. The maximum absolute atomic E-state index is 12.0. The van der Waals surface area contributed by atoms with E-state index in [0.29, 0.717) is 5.92 Å². The van der Waals surface area contributed by atoms with E-state index >= 15 is 0 Å². The minimum Gasteiger partial charge on any atom is -0.481 e. The molecule has 3 heteroatoms. The van der Waals surface area contributed by atoms with E-state index in [1.54, 1.807) is 6.92 Å². The minimum atomic E-state index is -0.444. The van der Waals surface area contributed by atoms with Crippen LogP contribution >= 0.6 is 0 Å². The molecule has 1 fully saturated rings. The van der Waals surface area contributed by atoms with E-state index in [4.69, 9.17) is 4.74 Å². The third-order valence-electron chi connectivity index (χ3n) is 3.96. The number of hydrogen-bond acceptors (Lipinski definition) is 2. The molecule has 3 nitrogen and oxygen atoms in total. The van der Waals surface area contributed by atoms with Crippen LogP contribution in [0.4, 0.5) is 0 Å². The van der Waals surface area contributed by atoms with E-state index in [9.17, 15) is 4.79 Å². The SMILES string of the molecule is Cc1cccc(O[C@H](C)C(=O)NCC2CCCCC2)c1. The Morgan fingerprint density at radius 3 is 2.80 bits per heavy atom. The Morgan fingerprint density at radius 1 is 1.35 bits per heavy atom. The first-order valence-corrected chi connectivity index (χ1v) is 7.66. The molecule has 2 rings (SSSR count). The number of amides is 1. The van der Waals surface area contributed by atoms with Gasteiger partial charge < -0.3 is 10.1 Å². The van der Waals surface area contributed by atoms with Crippen LogP contribution in [0, 0.1) is 12.8 Å². The van der Waals surface area contributed by atoms with E-state index in [1.165, 1.54) is 32.1 Å². The number of ether oxygens (including phenoxy) is 1. The first-order chi connectivity index (χ1) is 9.65. The summed E-state index contributed by atoms with van der Waals surface area (Å²) in [7, 11) is 0. The van der Waals surface area contributed by atoms with E-state index in [2.05, 4.69) is 5.32 Å². The number of aryl methyl sites for hydroxylation is 1. The van der Waals surface area contributed by atoms with Gasteiger partial charge in [-0.15, -0.1) is 0 Å². The Hall–Kier alpha value is -1.51. The van der Waals surface area contributed by atoms with Gasteiger partial charge >= 0.3 is 0 Å². The molecule has 1 aromatic carbocycles. The van der Waals surface area contributed by atoms with E-state index in [0.717, 1.165) is 17.9 Å². The molecule has 20 heavy (non-hydrogen) atoms. The fraction of sp³-hybridized carbons (Fsp3) is 0.588. The molecule has 0 bridgehead atoms. The molecule has 0 spiro atoms. The molecule has 1 amide bonds. The molecule has 0 saturated heterocycles. The summed E-state index contributed by atoms with van der Waals surface area (Å²) >= 11 is 0. The molecule has 1 aromatic rings. The average Bonchev–Trinajstić information content (AvgIpc) is 2.46. The standard InChI is InChI=1S/C17H25NO2/c1-13-7-6-10-16(11-13)20-14(2)17(19)18-12-15-8-4-3-5-9-15/h6-7,10-11,14-15H,3-5,8-9,12H2,1-2H3,(H,18,19)/t14-/m1/s1. The van der Waals surface area contributed by atoms with Crippen LogP contribution < -0.4 is 10.1 Å². The zero-order chi connectivity index (χ0) is 14.4. The third kappa shape index (κ3) is 4.55. The molecular weight excluding hydrogens is 250 g/mol. The number of carbonyl (C=O) groups is 1. The fourth-order valence-corrected chi connectivity index (χ4v) is 2.73. The van der Waals surface area contributed by atoms with Gasteiger partial charge in [0.1, 0.15) is 5.75 Å². The van der Waals surface area contributed by atoms with Gasteiger partial charge in [0.15, 0.2) is 6.10 Å². The van der Waals surface area contributed by atoms with Crippen LogP contribution in [0.3, 0.4) is 0 Å². The largest absolute Gasteiger partial charge is 0.481 e. The lowest BCUT2D eigenvalue weighted by Gasteiger charge is -2.23. The number of carbonyl (C=O) groups excluding carboxylic acids is 1. The summed E-state index contributed by atoms with van der Waals surface area (Å²) in [5.74, 6) is 1.39. The molecule has 110 valence electrons. The number of nitrogens with one attached hydrogen (secondary N) is 1. The van der Waals surface area contributed by atoms with Gasteiger partial charge in [-0.2, -0.15) is 0 Å². The van der Waals surface area contributed by atoms with E-state index in [-0.39, 0.29) is 5.91 Å². The van der Waals surface area contributed by atoms with Crippen molar-refractivity contribution in [2.24, 2.45) is 5.92 Å². The van der Waals surface area contributed by atoms with Gasteiger partial charge in [0.2, 0.25) is 0 Å². The Bertz CT molecular complexity index is 438. The molecule has 1 aliphatic rings. The van der Waals surface area contributed by atoms with Crippen LogP contribution in [0.5, 0.6) is 5.75 Å². The predicted octanol–water partition coefficient (Wildman–Crippen LogP) is 3.46. The highest BCUT2D eigenvalue weighted by molar-refractivity contribution is 5.80. The summed E-state index contributed by atoms with van der Waals surface area (Å²) in [4.78, 5) is 12.0. The average molecular weight is 275 g/mol. The Morgan fingerprint density at radius 2 is 2.10 bits per heavy atom. The maximum Gasteiger partial charge on any atom is 0.260 e. The van der Waals surface area contributed by atoms with Gasteiger partial charge in [0.25, 0.3) is 5.91 Å². The third-order valence-corrected chi connectivity index (χ3v) is 3.96. The van der Waals surface area contributed by atoms with Crippen molar-refractivity contribution in [2.75, 3.05) is 6.54 Å². The molecule has 0 unspecified atom stereocenters. The summed E-state index contributed by atoms with van der Waals surface area (Å²) in [6.45, 7) is 4.61.